The number of aliphatic imine (C=N–C) groups is 1. The molecule has 1 heterocycles. The summed E-state index contributed by atoms with van der Waals surface area (Å²) in [5.74, 6) is 0. The highest BCUT2D eigenvalue weighted by molar-refractivity contribution is 5.60. The van der Waals surface area contributed by atoms with Gasteiger partial charge < -0.3 is 4.90 Å². The molecule has 0 atom stereocenters. The summed E-state index contributed by atoms with van der Waals surface area (Å²) in [6.07, 6.45) is 1.78. The van der Waals surface area contributed by atoms with Crippen LogP contribution in [-0.2, 0) is 0 Å². The Balaban J connectivity index is 2.62. The van der Waals surface area contributed by atoms with Crippen LogP contribution in [0.2, 0.25) is 0 Å². The van der Waals surface area contributed by atoms with Gasteiger partial charge in [-0.15, -0.1) is 0 Å². The molecule has 0 saturated carbocycles. The highest BCUT2D eigenvalue weighted by Crippen LogP contribution is 2.00. The van der Waals surface area contributed by atoms with Crippen molar-refractivity contribution in [2.45, 2.75) is 0 Å². The molecule has 0 bridgehead atoms. The first-order chi connectivity index (χ1) is 3.30. The molecule has 0 aromatic rings. The maximum Gasteiger partial charge on any atom is 0.0894 e. The maximum atomic E-state index is 3.95. The number of likely N-dealkylation sites (N-methyl/N-ethyl adjacent to an activating group) is 1. The highest BCUT2D eigenvalue weighted by atomic mass is 15.2. The van der Waals surface area contributed by atoms with Crippen molar-refractivity contribution in [2.24, 2.45) is 4.99 Å². The molecule has 1 rings (SSSR count). The third kappa shape index (κ3) is 0.633. The van der Waals surface area contributed by atoms with Gasteiger partial charge in [-0.3, -0.25) is 4.99 Å². The third-order valence-corrected chi connectivity index (χ3v) is 1.03. The van der Waals surface area contributed by atoms with Gasteiger partial charge in [0, 0.05) is 12.7 Å². The molecule has 0 radical (unpaired) electrons. The Bertz CT molecular complexity index is 115. The average molecular weight is 96.1 g/mol. The molecule has 1 aliphatic rings. The molecule has 2 nitrogen and oxygen atoms in total. The molecule has 0 amide bonds. The van der Waals surface area contributed by atoms with Gasteiger partial charge in [-0.25, -0.2) is 0 Å². The molecule has 0 spiro atoms. The number of rotatable bonds is 0. The number of hydrogen-bond acceptors (Lipinski definition) is 2. The van der Waals surface area contributed by atoms with E-state index in [1.165, 1.54) is 0 Å². The predicted molar refractivity (Wildman–Crippen MR) is 30.3 cm³/mol. The Morgan fingerprint density at radius 2 is 2.71 bits per heavy atom. The van der Waals surface area contributed by atoms with Gasteiger partial charge in [-0.05, 0) is 0 Å². The van der Waals surface area contributed by atoms with E-state index in [9.17, 15) is 0 Å². The van der Waals surface area contributed by atoms with Gasteiger partial charge in [-0.1, -0.05) is 6.58 Å². The van der Waals surface area contributed by atoms with Crippen molar-refractivity contribution < 1.29 is 0 Å². The van der Waals surface area contributed by atoms with Crippen LogP contribution in [0.5, 0.6) is 0 Å². The topological polar surface area (TPSA) is 15.6 Å². The fourth-order valence-electron chi connectivity index (χ4n) is 0.462. The summed E-state index contributed by atoms with van der Waals surface area (Å²) in [5.41, 5.74) is 1.07. The van der Waals surface area contributed by atoms with Gasteiger partial charge >= 0.3 is 0 Å². The first-order valence-corrected chi connectivity index (χ1v) is 2.21. The van der Waals surface area contributed by atoms with Crippen molar-refractivity contribution in [3.63, 3.8) is 0 Å². The van der Waals surface area contributed by atoms with Crippen LogP contribution in [0.15, 0.2) is 17.3 Å². The average Bonchev–Trinajstić information content (AvgIpc) is 1.91. The first kappa shape index (κ1) is 4.37. The molecular weight excluding hydrogens is 88.1 g/mol. The standard InChI is InChI=1S/C5H8N2/c1-5-3-6-4-7(5)2/h4H,1,3H2,2H3. The molecular formula is C5H8N2. The molecule has 0 fully saturated rings. The normalized spacial score (nSPS) is 19.0. The molecule has 38 valence electrons. The lowest BCUT2D eigenvalue weighted by atomic mass is 10.5. The van der Waals surface area contributed by atoms with Crippen LogP contribution in [0.25, 0.3) is 0 Å². The lowest BCUT2D eigenvalue weighted by Gasteiger charge is -2.04. The van der Waals surface area contributed by atoms with E-state index in [0.29, 0.717) is 0 Å². The fourth-order valence-corrected chi connectivity index (χ4v) is 0.462. The highest BCUT2D eigenvalue weighted by Gasteiger charge is 2.01. The van der Waals surface area contributed by atoms with Crippen molar-refractivity contribution in [2.75, 3.05) is 13.6 Å². The van der Waals surface area contributed by atoms with E-state index in [1.54, 1.807) is 6.34 Å². The summed E-state index contributed by atoms with van der Waals surface area (Å²) < 4.78 is 0. The van der Waals surface area contributed by atoms with Crippen molar-refractivity contribution >= 4 is 6.34 Å². The van der Waals surface area contributed by atoms with Crippen molar-refractivity contribution in [1.82, 2.24) is 4.90 Å². The molecule has 0 unspecified atom stereocenters. The molecule has 0 aromatic heterocycles. The zero-order chi connectivity index (χ0) is 5.28. The summed E-state index contributed by atoms with van der Waals surface area (Å²) in [6.45, 7) is 4.51. The Morgan fingerprint density at radius 1 is 2.00 bits per heavy atom. The zero-order valence-corrected chi connectivity index (χ0v) is 4.39. The molecule has 0 saturated heterocycles. The molecule has 7 heavy (non-hydrogen) atoms. The molecule has 0 aliphatic carbocycles. The number of nitrogens with zero attached hydrogens (tertiary/aromatic N) is 2. The van der Waals surface area contributed by atoms with Gasteiger partial charge in [0.25, 0.3) is 0 Å². The van der Waals surface area contributed by atoms with Crippen molar-refractivity contribution in [3.05, 3.63) is 12.3 Å². The maximum absolute atomic E-state index is 3.95. The number of hydrogen-bond donors (Lipinski definition) is 0. The molecule has 0 N–H and O–H groups in total. The van der Waals surface area contributed by atoms with Crippen LogP contribution in [0, 0.1) is 0 Å². The van der Waals surface area contributed by atoms with Crippen LogP contribution in [0.1, 0.15) is 0 Å². The summed E-state index contributed by atoms with van der Waals surface area (Å²) in [7, 11) is 1.94. The molecule has 1 aliphatic heterocycles. The van der Waals surface area contributed by atoms with E-state index >= 15 is 0 Å². The monoisotopic (exact) mass is 96.1 g/mol. The van der Waals surface area contributed by atoms with E-state index in [1.807, 2.05) is 11.9 Å². The van der Waals surface area contributed by atoms with E-state index in [2.05, 4.69) is 11.6 Å². The van der Waals surface area contributed by atoms with E-state index < -0.39 is 0 Å². The second kappa shape index (κ2) is 1.37. The Morgan fingerprint density at radius 3 is 2.86 bits per heavy atom. The Kier molecular flexibility index (Phi) is 0.855. The summed E-state index contributed by atoms with van der Waals surface area (Å²) in [4.78, 5) is 5.86. The van der Waals surface area contributed by atoms with Crippen LogP contribution in [-0.4, -0.2) is 24.8 Å². The largest absolute Gasteiger partial charge is 0.338 e. The molecule has 2 heteroatoms. The predicted octanol–water partition coefficient (Wildman–Crippen LogP) is 0.474. The van der Waals surface area contributed by atoms with E-state index in [-0.39, 0.29) is 0 Å². The third-order valence-electron chi connectivity index (χ3n) is 1.03. The van der Waals surface area contributed by atoms with Gasteiger partial charge in [0.1, 0.15) is 0 Å². The van der Waals surface area contributed by atoms with Crippen LogP contribution in [0.4, 0.5) is 0 Å². The second-order valence-corrected chi connectivity index (χ2v) is 1.63. The van der Waals surface area contributed by atoms with Crippen LogP contribution >= 0.6 is 0 Å². The van der Waals surface area contributed by atoms with Crippen LogP contribution in [0.3, 0.4) is 0 Å². The summed E-state index contributed by atoms with van der Waals surface area (Å²) in [6, 6.07) is 0. The lowest BCUT2D eigenvalue weighted by Crippen LogP contribution is -2.08. The summed E-state index contributed by atoms with van der Waals surface area (Å²) in [5, 5.41) is 0. The Hall–Kier alpha value is -0.790. The van der Waals surface area contributed by atoms with Gasteiger partial charge in [0.2, 0.25) is 0 Å². The minimum absolute atomic E-state index is 0.774. The minimum atomic E-state index is 0.774. The van der Waals surface area contributed by atoms with Crippen LogP contribution < -0.4 is 0 Å². The first-order valence-electron chi connectivity index (χ1n) is 2.21. The molecule has 0 aromatic carbocycles. The van der Waals surface area contributed by atoms with E-state index in [4.69, 9.17) is 0 Å². The van der Waals surface area contributed by atoms with Crippen molar-refractivity contribution in [1.29, 1.82) is 0 Å². The van der Waals surface area contributed by atoms with E-state index in [0.717, 1.165) is 12.2 Å². The lowest BCUT2D eigenvalue weighted by molar-refractivity contribution is 0.670. The van der Waals surface area contributed by atoms with Crippen molar-refractivity contribution in [3.8, 4) is 0 Å². The van der Waals surface area contributed by atoms with Gasteiger partial charge in [0.15, 0.2) is 0 Å². The SMILES string of the molecule is C=C1CN=CN1C. The Labute approximate surface area is 43.2 Å². The zero-order valence-electron chi connectivity index (χ0n) is 4.39. The fraction of sp³-hybridized carbons (Fsp3) is 0.400. The smallest absolute Gasteiger partial charge is 0.0894 e. The quantitative estimate of drug-likeness (QED) is 0.428. The van der Waals surface area contributed by atoms with Gasteiger partial charge in [0.05, 0.1) is 12.9 Å². The second-order valence-electron chi connectivity index (χ2n) is 1.63. The summed E-state index contributed by atoms with van der Waals surface area (Å²) >= 11 is 0. The van der Waals surface area contributed by atoms with Gasteiger partial charge in [-0.2, -0.15) is 0 Å². The minimum Gasteiger partial charge on any atom is -0.338 e.